The second-order valence-corrected chi connectivity index (χ2v) is 7.67. The van der Waals surface area contributed by atoms with Gasteiger partial charge >= 0.3 is 0 Å². The second kappa shape index (κ2) is 6.30. The fourth-order valence-electron chi connectivity index (χ4n) is 4.95. The van der Waals surface area contributed by atoms with Gasteiger partial charge in [-0.15, -0.1) is 0 Å². The molecule has 3 N–H and O–H groups in total. The predicted octanol–water partition coefficient (Wildman–Crippen LogP) is 1.28. The molecule has 2 saturated carbocycles. The van der Waals surface area contributed by atoms with Crippen molar-refractivity contribution in [2.45, 2.75) is 50.6 Å². The summed E-state index contributed by atoms with van der Waals surface area (Å²) in [5, 5.41) is 0. The van der Waals surface area contributed by atoms with Crippen LogP contribution in [0.2, 0.25) is 0 Å². The van der Waals surface area contributed by atoms with Gasteiger partial charge < -0.3 is 9.80 Å². The molecule has 3 aliphatic rings. The van der Waals surface area contributed by atoms with Gasteiger partial charge in [0.05, 0.1) is 0 Å². The van der Waals surface area contributed by atoms with E-state index in [0.717, 1.165) is 17.8 Å². The molecule has 5 unspecified atom stereocenters. The molecule has 0 aromatic rings. The van der Waals surface area contributed by atoms with Crippen molar-refractivity contribution in [1.82, 2.24) is 15.2 Å². The van der Waals surface area contributed by atoms with Crippen LogP contribution in [0.5, 0.6) is 0 Å². The standard InChI is InChI=1S/C16H32N4/c1-19-5-6-20(2)16(11-19)10-15(18-17)9-14-8-12-3-4-13(14)7-12/h12-16,18H,3-11,17H2,1-2H3. The van der Waals surface area contributed by atoms with Crippen LogP contribution in [-0.4, -0.2) is 55.6 Å². The lowest BCUT2D eigenvalue weighted by Crippen LogP contribution is -2.53. The summed E-state index contributed by atoms with van der Waals surface area (Å²) in [6, 6.07) is 1.16. The Morgan fingerprint density at radius 1 is 1.15 bits per heavy atom. The minimum atomic E-state index is 0.498. The van der Waals surface area contributed by atoms with Gasteiger partial charge in [0.2, 0.25) is 0 Å². The van der Waals surface area contributed by atoms with E-state index in [1.165, 1.54) is 58.2 Å². The number of piperazine rings is 1. The highest BCUT2D eigenvalue weighted by Crippen LogP contribution is 2.50. The van der Waals surface area contributed by atoms with E-state index in [1.54, 1.807) is 0 Å². The van der Waals surface area contributed by atoms with Crippen LogP contribution in [0.3, 0.4) is 0 Å². The summed E-state index contributed by atoms with van der Waals surface area (Å²) in [6.07, 6.45) is 8.46. The van der Waals surface area contributed by atoms with E-state index in [9.17, 15) is 0 Å². The Bertz CT molecular complexity index is 322. The average molecular weight is 280 g/mol. The third kappa shape index (κ3) is 3.19. The van der Waals surface area contributed by atoms with Gasteiger partial charge in [-0.3, -0.25) is 11.3 Å². The summed E-state index contributed by atoms with van der Waals surface area (Å²) >= 11 is 0. The first kappa shape index (κ1) is 14.8. The van der Waals surface area contributed by atoms with Gasteiger partial charge in [0.1, 0.15) is 0 Å². The number of nitrogens with zero attached hydrogens (tertiary/aromatic N) is 2. The monoisotopic (exact) mass is 280 g/mol. The summed E-state index contributed by atoms with van der Waals surface area (Å²) in [6.45, 7) is 3.57. The van der Waals surface area contributed by atoms with Crippen LogP contribution in [0, 0.1) is 17.8 Å². The first-order chi connectivity index (χ1) is 9.65. The van der Waals surface area contributed by atoms with Gasteiger partial charge in [-0.25, -0.2) is 0 Å². The molecule has 0 spiro atoms. The van der Waals surface area contributed by atoms with Crippen molar-refractivity contribution in [3.05, 3.63) is 0 Å². The molecule has 5 atom stereocenters. The van der Waals surface area contributed by atoms with Crippen molar-refractivity contribution in [1.29, 1.82) is 0 Å². The smallest absolute Gasteiger partial charge is 0.0235 e. The van der Waals surface area contributed by atoms with Gasteiger partial charge in [0, 0.05) is 31.7 Å². The van der Waals surface area contributed by atoms with Crippen molar-refractivity contribution < 1.29 is 0 Å². The summed E-state index contributed by atoms with van der Waals surface area (Å²) in [5.41, 5.74) is 3.13. The molecule has 116 valence electrons. The number of nitrogens with one attached hydrogen (secondary N) is 1. The Morgan fingerprint density at radius 3 is 2.65 bits per heavy atom. The van der Waals surface area contributed by atoms with Crippen molar-refractivity contribution in [3.8, 4) is 0 Å². The molecule has 2 aliphatic carbocycles. The Kier molecular flexibility index (Phi) is 4.65. The number of nitrogens with two attached hydrogens (primary N) is 1. The molecule has 3 rings (SSSR count). The Labute approximate surface area is 124 Å². The predicted molar refractivity (Wildman–Crippen MR) is 83.2 cm³/mol. The largest absolute Gasteiger partial charge is 0.304 e. The Morgan fingerprint density at radius 2 is 2.00 bits per heavy atom. The molecular formula is C16H32N4. The van der Waals surface area contributed by atoms with Crippen molar-refractivity contribution in [3.63, 3.8) is 0 Å². The van der Waals surface area contributed by atoms with Crippen LogP contribution in [0.25, 0.3) is 0 Å². The maximum atomic E-state index is 5.86. The van der Waals surface area contributed by atoms with Crippen molar-refractivity contribution in [2.24, 2.45) is 23.6 Å². The van der Waals surface area contributed by atoms with E-state index in [0.29, 0.717) is 12.1 Å². The highest BCUT2D eigenvalue weighted by atomic mass is 15.3. The average Bonchev–Trinajstić information content (AvgIpc) is 3.04. The topological polar surface area (TPSA) is 44.5 Å². The zero-order valence-electron chi connectivity index (χ0n) is 13.2. The van der Waals surface area contributed by atoms with Crippen LogP contribution in [0.1, 0.15) is 38.5 Å². The van der Waals surface area contributed by atoms with Gasteiger partial charge in [0.25, 0.3) is 0 Å². The lowest BCUT2D eigenvalue weighted by molar-refractivity contribution is 0.0966. The summed E-state index contributed by atoms with van der Waals surface area (Å²) in [4.78, 5) is 4.97. The third-order valence-corrected chi connectivity index (χ3v) is 6.24. The second-order valence-electron chi connectivity index (χ2n) is 7.67. The number of fused-ring (bicyclic) bond motifs is 2. The normalized spacial score (nSPS) is 40.4. The Hall–Kier alpha value is -0.160. The van der Waals surface area contributed by atoms with E-state index in [4.69, 9.17) is 5.84 Å². The highest BCUT2D eigenvalue weighted by molar-refractivity contribution is 4.92. The summed E-state index contributed by atoms with van der Waals surface area (Å²) in [5.74, 6) is 8.87. The fourth-order valence-corrected chi connectivity index (χ4v) is 4.95. The molecule has 3 fully saturated rings. The molecule has 4 heteroatoms. The van der Waals surface area contributed by atoms with Gasteiger partial charge in [0.15, 0.2) is 0 Å². The molecule has 0 radical (unpaired) electrons. The van der Waals surface area contributed by atoms with E-state index < -0.39 is 0 Å². The van der Waals surface area contributed by atoms with Gasteiger partial charge in [-0.1, -0.05) is 6.42 Å². The molecule has 2 bridgehead atoms. The zero-order chi connectivity index (χ0) is 14.1. The Balaban J connectivity index is 1.51. The molecule has 0 amide bonds. The molecular weight excluding hydrogens is 248 g/mol. The minimum Gasteiger partial charge on any atom is -0.304 e. The van der Waals surface area contributed by atoms with Crippen LogP contribution in [-0.2, 0) is 0 Å². The number of rotatable bonds is 5. The van der Waals surface area contributed by atoms with Crippen molar-refractivity contribution >= 4 is 0 Å². The number of hydrazine groups is 1. The van der Waals surface area contributed by atoms with E-state index >= 15 is 0 Å². The quantitative estimate of drug-likeness (QED) is 0.588. The van der Waals surface area contributed by atoms with Crippen LogP contribution < -0.4 is 11.3 Å². The van der Waals surface area contributed by atoms with Gasteiger partial charge in [-0.05, 0) is 64.0 Å². The number of hydrogen-bond acceptors (Lipinski definition) is 4. The van der Waals surface area contributed by atoms with Crippen LogP contribution >= 0.6 is 0 Å². The fraction of sp³-hybridized carbons (Fsp3) is 1.00. The molecule has 0 aromatic heterocycles. The van der Waals surface area contributed by atoms with E-state index in [1.807, 2.05) is 0 Å². The molecule has 1 aliphatic heterocycles. The molecule has 4 nitrogen and oxygen atoms in total. The van der Waals surface area contributed by atoms with Crippen molar-refractivity contribution in [2.75, 3.05) is 33.7 Å². The van der Waals surface area contributed by atoms with E-state index in [2.05, 4.69) is 29.3 Å². The minimum absolute atomic E-state index is 0.498. The lowest BCUT2D eigenvalue weighted by Gasteiger charge is -2.39. The SMILES string of the molecule is CN1CCN(C)C(CC(CC2CC3CCC2C3)NN)C1. The highest BCUT2D eigenvalue weighted by Gasteiger charge is 2.40. The number of likely N-dealkylation sites (N-methyl/N-ethyl adjacent to an activating group) is 2. The first-order valence-corrected chi connectivity index (χ1v) is 8.50. The molecule has 1 saturated heterocycles. The van der Waals surface area contributed by atoms with Crippen LogP contribution in [0.4, 0.5) is 0 Å². The summed E-state index contributed by atoms with van der Waals surface area (Å²) < 4.78 is 0. The summed E-state index contributed by atoms with van der Waals surface area (Å²) in [7, 11) is 4.50. The van der Waals surface area contributed by atoms with Gasteiger partial charge in [-0.2, -0.15) is 0 Å². The molecule has 1 heterocycles. The molecule has 0 aromatic carbocycles. The van der Waals surface area contributed by atoms with E-state index in [-0.39, 0.29) is 0 Å². The lowest BCUT2D eigenvalue weighted by atomic mass is 9.83. The third-order valence-electron chi connectivity index (χ3n) is 6.24. The van der Waals surface area contributed by atoms with Crippen LogP contribution in [0.15, 0.2) is 0 Å². The zero-order valence-corrected chi connectivity index (χ0v) is 13.2. The maximum absolute atomic E-state index is 5.86. The number of hydrogen-bond donors (Lipinski definition) is 2. The molecule has 20 heavy (non-hydrogen) atoms. The first-order valence-electron chi connectivity index (χ1n) is 8.50. The maximum Gasteiger partial charge on any atom is 0.0235 e.